The number of ether oxygens (including phenoxy) is 4. The van der Waals surface area contributed by atoms with Crippen molar-refractivity contribution in [3.05, 3.63) is 46.0 Å². The molecule has 2 aromatic rings. The molecule has 2 aromatic carbocycles. The van der Waals surface area contributed by atoms with Gasteiger partial charge in [-0.05, 0) is 31.5 Å². The first kappa shape index (κ1) is 17.7. The Morgan fingerprint density at radius 3 is 2.46 bits per heavy atom. The highest BCUT2D eigenvalue weighted by molar-refractivity contribution is 5.68. The van der Waals surface area contributed by atoms with E-state index in [1.54, 1.807) is 6.07 Å². The second kappa shape index (κ2) is 7.81. The van der Waals surface area contributed by atoms with E-state index in [2.05, 4.69) is 5.32 Å². The summed E-state index contributed by atoms with van der Waals surface area (Å²) >= 11 is 0. The van der Waals surface area contributed by atoms with E-state index in [1.165, 1.54) is 6.07 Å². The lowest BCUT2D eigenvalue weighted by molar-refractivity contribution is -0.384. The molecule has 0 amide bonds. The first-order valence-corrected chi connectivity index (χ1v) is 8.32. The van der Waals surface area contributed by atoms with Gasteiger partial charge in [-0.3, -0.25) is 10.1 Å². The lowest BCUT2D eigenvalue weighted by Gasteiger charge is -2.14. The Labute approximate surface area is 150 Å². The number of benzene rings is 2. The highest BCUT2D eigenvalue weighted by Gasteiger charge is 2.20. The largest absolute Gasteiger partial charge is 0.490 e. The molecular formula is C18H20N2O6. The van der Waals surface area contributed by atoms with Crippen molar-refractivity contribution < 1.29 is 23.9 Å². The van der Waals surface area contributed by atoms with Crippen LogP contribution in [0.2, 0.25) is 0 Å². The number of anilines is 1. The summed E-state index contributed by atoms with van der Waals surface area (Å²) in [6.45, 7) is 5.07. The molecule has 0 atom stereocenters. The van der Waals surface area contributed by atoms with E-state index in [9.17, 15) is 10.1 Å². The summed E-state index contributed by atoms with van der Waals surface area (Å²) in [5, 5.41) is 14.5. The highest BCUT2D eigenvalue weighted by atomic mass is 16.7. The van der Waals surface area contributed by atoms with Gasteiger partial charge in [-0.25, -0.2) is 0 Å². The van der Waals surface area contributed by atoms with Gasteiger partial charge in [0.1, 0.15) is 5.69 Å². The van der Waals surface area contributed by atoms with Crippen LogP contribution in [-0.4, -0.2) is 24.9 Å². The normalized spacial score (nSPS) is 11.9. The van der Waals surface area contributed by atoms with E-state index in [0.717, 1.165) is 5.56 Å². The summed E-state index contributed by atoms with van der Waals surface area (Å²) in [5.41, 5.74) is 1.20. The number of nitrogens with zero attached hydrogens (tertiary/aromatic N) is 1. The van der Waals surface area contributed by atoms with E-state index >= 15 is 0 Å². The molecule has 0 radical (unpaired) electrons. The monoisotopic (exact) mass is 360 g/mol. The number of nitro groups is 1. The van der Waals surface area contributed by atoms with Crippen molar-refractivity contribution >= 4 is 11.4 Å². The van der Waals surface area contributed by atoms with Gasteiger partial charge in [0, 0.05) is 12.6 Å². The van der Waals surface area contributed by atoms with Gasteiger partial charge < -0.3 is 24.3 Å². The molecular weight excluding hydrogens is 340 g/mol. The van der Waals surface area contributed by atoms with Crippen LogP contribution in [0.3, 0.4) is 0 Å². The van der Waals surface area contributed by atoms with E-state index in [-0.39, 0.29) is 12.5 Å². The fourth-order valence-electron chi connectivity index (χ4n) is 2.63. The standard InChI is InChI=1S/C18H20N2O6/c1-3-23-17-8-13(14(20(21)22)9-18(17)24-4-2)19-10-12-5-6-15-16(7-12)26-11-25-15/h5-9,19H,3-4,10-11H2,1-2H3. The molecule has 26 heavy (non-hydrogen) atoms. The van der Waals surface area contributed by atoms with Crippen molar-refractivity contribution in [2.45, 2.75) is 20.4 Å². The Balaban J connectivity index is 1.85. The SMILES string of the molecule is CCOc1cc(NCc2ccc3c(c2)OCO3)c([N+](=O)[O-])cc1OCC. The van der Waals surface area contributed by atoms with Crippen molar-refractivity contribution in [1.82, 2.24) is 0 Å². The summed E-state index contributed by atoms with van der Waals surface area (Å²) < 4.78 is 21.6. The third-order valence-corrected chi connectivity index (χ3v) is 3.78. The Morgan fingerprint density at radius 2 is 1.77 bits per heavy atom. The maximum atomic E-state index is 11.4. The molecule has 3 rings (SSSR count). The van der Waals surface area contributed by atoms with E-state index < -0.39 is 4.92 Å². The number of rotatable bonds is 8. The minimum Gasteiger partial charge on any atom is -0.490 e. The van der Waals surface area contributed by atoms with Crippen molar-refractivity contribution in [1.29, 1.82) is 0 Å². The average Bonchev–Trinajstić information content (AvgIpc) is 3.09. The van der Waals surface area contributed by atoms with E-state index in [4.69, 9.17) is 18.9 Å². The summed E-state index contributed by atoms with van der Waals surface area (Å²) in [7, 11) is 0. The van der Waals surface area contributed by atoms with Crippen LogP contribution in [0.15, 0.2) is 30.3 Å². The predicted octanol–water partition coefficient (Wildman–Crippen LogP) is 3.73. The van der Waals surface area contributed by atoms with Crippen LogP contribution in [0.1, 0.15) is 19.4 Å². The molecule has 0 saturated carbocycles. The molecule has 0 aromatic heterocycles. The third-order valence-electron chi connectivity index (χ3n) is 3.78. The molecule has 0 unspecified atom stereocenters. The molecule has 138 valence electrons. The summed E-state index contributed by atoms with van der Waals surface area (Å²) in [5.74, 6) is 2.18. The van der Waals surface area contributed by atoms with Crippen LogP contribution in [0.4, 0.5) is 11.4 Å². The molecule has 0 fully saturated rings. The predicted molar refractivity (Wildman–Crippen MR) is 95.3 cm³/mol. The van der Waals surface area contributed by atoms with Crippen LogP contribution in [0.25, 0.3) is 0 Å². The highest BCUT2D eigenvalue weighted by Crippen LogP contribution is 2.38. The second-order valence-electron chi connectivity index (χ2n) is 5.48. The van der Waals surface area contributed by atoms with Crippen molar-refractivity contribution in [2.24, 2.45) is 0 Å². The lowest BCUT2D eigenvalue weighted by atomic mass is 10.2. The van der Waals surface area contributed by atoms with Crippen molar-refractivity contribution in [3.8, 4) is 23.0 Å². The lowest BCUT2D eigenvalue weighted by Crippen LogP contribution is -2.05. The van der Waals surface area contributed by atoms with Gasteiger partial charge in [0.15, 0.2) is 23.0 Å². The zero-order valence-electron chi connectivity index (χ0n) is 14.6. The van der Waals surface area contributed by atoms with Crippen molar-refractivity contribution in [3.63, 3.8) is 0 Å². The molecule has 8 heteroatoms. The van der Waals surface area contributed by atoms with Crippen LogP contribution >= 0.6 is 0 Å². The molecule has 1 heterocycles. The second-order valence-corrected chi connectivity index (χ2v) is 5.48. The number of nitrogens with one attached hydrogen (secondary N) is 1. The topological polar surface area (TPSA) is 92.1 Å². The van der Waals surface area contributed by atoms with Crippen LogP contribution in [-0.2, 0) is 6.54 Å². The molecule has 1 aliphatic heterocycles. The fourth-order valence-corrected chi connectivity index (χ4v) is 2.63. The van der Waals surface area contributed by atoms with E-state index in [0.29, 0.717) is 48.4 Å². The molecule has 1 N–H and O–H groups in total. The van der Waals surface area contributed by atoms with E-state index in [1.807, 2.05) is 32.0 Å². The maximum absolute atomic E-state index is 11.4. The van der Waals surface area contributed by atoms with Gasteiger partial charge in [0.05, 0.1) is 24.2 Å². The van der Waals surface area contributed by atoms with Gasteiger partial charge in [-0.15, -0.1) is 0 Å². The summed E-state index contributed by atoms with van der Waals surface area (Å²) in [6.07, 6.45) is 0. The van der Waals surface area contributed by atoms with Crippen LogP contribution in [0.5, 0.6) is 23.0 Å². The first-order chi connectivity index (χ1) is 12.6. The van der Waals surface area contributed by atoms with Crippen molar-refractivity contribution in [2.75, 3.05) is 25.3 Å². The summed E-state index contributed by atoms with van der Waals surface area (Å²) in [4.78, 5) is 11.0. The third kappa shape index (κ3) is 3.74. The Bertz CT molecular complexity index is 809. The average molecular weight is 360 g/mol. The van der Waals surface area contributed by atoms with Gasteiger partial charge in [0.25, 0.3) is 5.69 Å². The number of hydrogen-bond donors (Lipinski definition) is 1. The summed E-state index contributed by atoms with van der Waals surface area (Å²) in [6, 6.07) is 8.52. The van der Waals surface area contributed by atoms with Gasteiger partial charge in [-0.1, -0.05) is 6.07 Å². The number of hydrogen-bond acceptors (Lipinski definition) is 7. The molecule has 1 aliphatic rings. The first-order valence-electron chi connectivity index (χ1n) is 8.32. The smallest absolute Gasteiger partial charge is 0.296 e. The maximum Gasteiger partial charge on any atom is 0.296 e. The number of fused-ring (bicyclic) bond motifs is 1. The Kier molecular flexibility index (Phi) is 5.31. The van der Waals surface area contributed by atoms with Crippen LogP contribution < -0.4 is 24.3 Å². The Hall–Kier alpha value is -3.16. The molecule has 0 saturated heterocycles. The minimum atomic E-state index is -0.444. The van der Waals surface area contributed by atoms with Gasteiger partial charge in [-0.2, -0.15) is 0 Å². The fraction of sp³-hybridized carbons (Fsp3) is 0.333. The Morgan fingerprint density at radius 1 is 1.08 bits per heavy atom. The van der Waals surface area contributed by atoms with Gasteiger partial charge in [0.2, 0.25) is 6.79 Å². The van der Waals surface area contributed by atoms with Crippen LogP contribution in [0, 0.1) is 10.1 Å². The molecule has 0 aliphatic carbocycles. The zero-order valence-corrected chi connectivity index (χ0v) is 14.6. The molecule has 0 spiro atoms. The minimum absolute atomic E-state index is 0.0716. The van der Waals surface area contributed by atoms with Gasteiger partial charge >= 0.3 is 0 Å². The molecule has 0 bridgehead atoms. The molecule has 8 nitrogen and oxygen atoms in total. The zero-order chi connectivity index (χ0) is 18.5. The quantitative estimate of drug-likeness (QED) is 0.566. The number of nitro benzene ring substituents is 1.